The van der Waals surface area contributed by atoms with Crippen molar-refractivity contribution in [1.29, 1.82) is 0 Å². The molecule has 0 saturated carbocycles. The molecule has 2 aliphatic rings. The number of hydrogen-bond acceptors (Lipinski definition) is 3. The highest BCUT2D eigenvalue weighted by Crippen LogP contribution is 2.47. The van der Waals surface area contributed by atoms with Crippen molar-refractivity contribution in [3.63, 3.8) is 0 Å². The van der Waals surface area contributed by atoms with Crippen LogP contribution in [0.15, 0.2) is 36.4 Å². The zero-order valence-corrected chi connectivity index (χ0v) is 14.8. The van der Waals surface area contributed by atoms with Crippen LogP contribution in [0, 0.1) is 6.92 Å². The van der Waals surface area contributed by atoms with Gasteiger partial charge in [-0.05, 0) is 54.2 Å². The number of rotatable bonds is 2. The Morgan fingerprint density at radius 3 is 2.52 bits per heavy atom. The van der Waals surface area contributed by atoms with Gasteiger partial charge in [-0.2, -0.15) is 0 Å². The number of benzene rings is 2. The zero-order valence-electron chi connectivity index (χ0n) is 14.8. The molecule has 0 aliphatic carbocycles. The molecule has 25 heavy (non-hydrogen) atoms. The molecule has 0 bridgehead atoms. The summed E-state index contributed by atoms with van der Waals surface area (Å²) in [6.07, 6.45) is 2.17. The molecule has 2 N–H and O–H groups in total. The lowest BCUT2D eigenvalue weighted by Crippen LogP contribution is -2.37. The highest BCUT2D eigenvalue weighted by molar-refractivity contribution is 5.95. The van der Waals surface area contributed by atoms with Crippen molar-refractivity contribution < 1.29 is 9.53 Å². The SMILES string of the molecule is Cc1ccc(-c2ccc3c(c2)N(C)CC32CCOCC2)cc1C(N)=O. The van der Waals surface area contributed by atoms with E-state index in [1.165, 1.54) is 11.3 Å². The minimum Gasteiger partial charge on any atom is -0.381 e. The summed E-state index contributed by atoms with van der Waals surface area (Å²) in [4.78, 5) is 14.0. The predicted molar refractivity (Wildman–Crippen MR) is 100 cm³/mol. The van der Waals surface area contributed by atoms with E-state index in [4.69, 9.17) is 10.5 Å². The van der Waals surface area contributed by atoms with Crippen LogP contribution in [0.3, 0.4) is 0 Å². The fourth-order valence-corrected chi connectivity index (χ4v) is 4.36. The number of anilines is 1. The van der Waals surface area contributed by atoms with Crippen molar-refractivity contribution >= 4 is 11.6 Å². The molecule has 2 aliphatic heterocycles. The number of likely N-dealkylation sites (N-methyl/N-ethyl adjacent to an activating group) is 1. The number of nitrogens with two attached hydrogens (primary N) is 1. The molecule has 4 heteroatoms. The Bertz CT molecular complexity index is 838. The number of amides is 1. The summed E-state index contributed by atoms with van der Waals surface area (Å²) in [5.74, 6) is -0.376. The topological polar surface area (TPSA) is 55.6 Å². The second kappa shape index (κ2) is 5.88. The summed E-state index contributed by atoms with van der Waals surface area (Å²) in [5, 5.41) is 0. The molecule has 2 aromatic carbocycles. The maximum Gasteiger partial charge on any atom is 0.248 e. The summed E-state index contributed by atoms with van der Waals surface area (Å²) < 4.78 is 5.58. The number of hydrogen-bond donors (Lipinski definition) is 1. The van der Waals surface area contributed by atoms with Crippen LogP contribution >= 0.6 is 0 Å². The molecule has 1 saturated heterocycles. The summed E-state index contributed by atoms with van der Waals surface area (Å²) in [6, 6.07) is 12.6. The summed E-state index contributed by atoms with van der Waals surface area (Å²) >= 11 is 0. The third-order valence-electron chi connectivity index (χ3n) is 5.81. The average molecular weight is 336 g/mol. The van der Waals surface area contributed by atoms with Crippen LogP contribution < -0.4 is 10.6 Å². The lowest BCUT2D eigenvalue weighted by molar-refractivity contribution is 0.0556. The van der Waals surface area contributed by atoms with E-state index in [-0.39, 0.29) is 11.3 Å². The number of nitrogens with zero attached hydrogens (tertiary/aromatic N) is 1. The van der Waals surface area contributed by atoms with Crippen LogP contribution in [0.25, 0.3) is 11.1 Å². The molecular formula is C21H24N2O2. The van der Waals surface area contributed by atoms with Crippen molar-refractivity contribution in [3.05, 3.63) is 53.1 Å². The fourth-order valence-electron chi connectivity index (χ4n) is 4.36. The Labute approximate surface area is 148 Å². The average Bonchev–Trinajstić information content (AvgIpc) is 2.87. The van der Waals surface area contributed by atoms with E-state index in [2.05, 4.69) is 36.2 Å². The lowest BCUT2D eigenvalue weighted by Gasteiger charge is -2.34. The first-order valence-corrected chi connectivity index (χ1v) is 8.84. The number of carbonyl (C=O) groups is 1. The van der Waals surface area contributed by atoms with E-state index < -0.39 is 0 Å². The van der Waals surface area contributed by atoms with Gasteiger partial charge < -0.3 is 15.4 Å². The zero-order chi connectivity index (χ0) is 17.6. The molecule has 4 rings (SSSR count). The Balaban J connectivity index is 1.76. The molecule has 4 nitrogen and oxygen atoms in total. The first kappa shape index (κ1) is 16.2. The van der Waals surface area contributed by atoms with Crippen molar-refractivity contribution in [3.8, 4) is 11.1 Å². The molecule has 0 aromatic heterocycles. The smallest absolute Gasteiger partial charge is 0.248 e. The molecule has 1 spiro atoms. The molecule has 1 amide bonds. The van der Waals surface area contributed by atoms with E-state index in [0.29, 0.717) is 5.56 Å². The molecule has 0 unspecified atom stereocenters. The monoisotopic (exact) mass is 336 g/mol. The van der Waals surface area contributed by atoms with Gasteiger partial charge in [-0.15, -0.1) is 0 Å². The summed E-state index contributed by atoms with van der Waals surface area (Å²) in [6.45, 7) is 4.65. The second-order valence-corrected chi connectivity index (χ2v) is 7.37. The van der Waals surface area contributed by atoms with Crippen LogP contribution in [0.1, 0.15) is 34.3 Å². The maximum absolute atomic E-state index is 11.6. The number of fused-ring (bicyclic) bond motifs is 2. The Hall–Kier alpha value is -2.33. The minimum atomic E-state index is -0.376. The third-order valence-corrected chi connectivity index (χ3v) is 5.81. The first-order chi connectivity index (χ1) is 12.0. The molecule has 1 fully saturated rings. The van der Waals surface area contributed by atoms with Crippen LogP contribution in [-0.2, 0) is 10.2 Å². The quantitative estimate of drug-likeness (QED) is 0.916. The first-order valence-electron chi connectivity index (χ1n) is 8.84. The largest absolute Gasteiger partial charge is 0.381 e. The van der Waals surface area contributed by atoms with E-state index >= 15 is 0 Å². The van der Waals surface area contributed by atoms with E-state index in [1.807, 2.05) is 19.1 Å². The Kier molecular flexibility index (Phi) is 3.80. The van der Waals surface area contributed by atoms with Gasteiger partial charge in [0.25, 0.3) is 0 Å². The van der Waals surface area contributed by atoms with Gasteiger partial charge in [0.2, 0.25) is 5.91 Å². The van der Waals surface area contributed by atoms with Crippen LogP contribution in [0.5, 0.6) is 0 Å². The standard InChI is InChI=1S/C21H24N2O2/c1-14-3-4-15(11-17(14)20(22)24)16-5-6-18-19(12-16)23(2)13-21(18)7-9-25-10-8-21/h3-6,11-12H,7-10,13H2,1-2H3,(H2,22,24). The van der Waals surface area contributed by atoms with Gasteiger partial charge in [-0.1, -0.05) is 24.3 Å². The molecule has 2 aromatic rings. The number of primary amides is 1. The number of aryl methyl sites for hydroxylation is 1. The van der Waals surface area contributed by atoms with Gasteiger partial charge in [0.1, 0.15) is 0 Å². The summed E-state index contributed by atoms with van der Waals surface area (Å²) in [5.41, 5.74) is 12.1. The highest BCUT2D eigenvalue weighted by atomic mass is 16.5. The van der Waals surface area contributed by atoms with Crippen molar-refractivity contribution in [2.24, 2.45) is 5.73 Å². The minimum absolute atomic E-state index is 0.229. The van der Waals surface area contributed by atoms with E-state index in [9.17, 15) is 4.79 Å². The lowest BCUT2D eigenvalue weighted by atomic mass is 9.75. The van der Waals surface area contributed by atoms with Gasteiger partial charge in [0.05, 0.1) is 0 Å². The van der Waals surface area contributed by atoms with Gasteiger partial charge in [0, 0.05) is 43.5 Å². The van der Waals surface area contributed by atoms with Gasteiger partial charge in [-0.3, -0.25) is 4.79 Å². The number of carbonyl (C=O) groups excluding carboxylic acids is 1. The van der Waals surface area contributed by atoms with Gasteiger partial charge in [-0.25, -0.2) is 0 Å². The molecule has 130 valence electrons. The normalized spacial score (nSPS) is 18.4. The van der Waals surface area contributed by atoms with E-state index in [1.54, 1.807) is 0 Å². The van der Waals surface area contributed by atoms with Crippen LogP contribution in [0.4, 0.5) is 5.69 Å². The maximum atomic E-state index is 11.6. The highest BCUT2D eigenvalue weighted by Gasteiger charge is 2.42. The molecule has 2 heterocycles. The fraction of sp³-hybridized carbons (Fsp3) is 0.381. The third kappa shape index (κ3) is 2.61. The second-order valence-electron chi connectivity index (χ2n) is 7.37. The van der Waals surface area contributed by atoms with Crippen molar-refractivity contribution in [1.82, 2.24) is 0 Å². The van der Waals surface area contributed by atoms with Gasteiger partial charge >= 0.3 is 0 Å². The Morgan fingerprint density at radius 1 is 1.12 bits per heavy atom. The van der Waals surface area contributed by atoms with Crippen molar-refractivity contribution in [2.45, 2.75) is 25.2 Å². The molecular weight excluding hydrogens is 312 g/mol. The Morgan fingerprint density at radius 2 is 1.80 bits per heavy atom. The van der Waals surface area contributed by atoms with Gasteiger partial charge in [0.15, 0.2) is 0 Å². The van der Waals surface area contributed by atoms with Crippen LogP contribution in [-0.4, -0.2) is 32.7 Å². The summed E-state index contributed by atoms with van der Waals surface area (Å²) in [7, 11) is 2.16. The predicted octanol–water partition coefficient (Wildman–Crippen LogP) is 3.26. The van der Waals surface area contributed by atoms with Crippen LogP contribution in [0.2, 0.25) is 0 Å². The van der Waals surface area contributed by atoms with E-state index in [0.717, 1.165) is 49.3 Å². The molecule has 0 atom stereocenters. The number of ether oxygens (including phenoxy) is 1. The van der Waals surface area contributed by atoms with Crippen molar-refractivity contribution in [2.75, 3.05) is 31.7 Å². The molecule has 0 radical (unpaired) electrons.